The van der Waals surface area contributed by atoms with Gasteiger partial charge in [0.2, 0.25) is 0 Å². The van der Waals surface area contributed by atoms with Crippen molar-refractivity contribution in [3.05, 3.63) is 28.2 Å². The van der Waals surface area contributed by atoms with Gasteiger partial charge < -0.3 is 10.1 Å². The van der Waals surface area contributed by atoms with Crippen molar-refractivity contribution in [2.24, 2.45) is 0 Å². The Balaban J connectivity index is 1.85. The van der Waals surface area contributed by atoms with Crippen LogP contribution in [0.5, 0.6) is 5.75 Å². The number of rotatable bonds is 2. The maximum Gasteiger partial charge on any atom is 0.125 e. The van der Waals surface area contributed by atoms with E-state index < -0.39 is 0 Å². The maximum atomic E-state index is 5.63. The minimum atomic E-state index is 0.408. The third-order valence-electron chi connectivity index (χ3n) is 2.77. The second-order valence-electron chi connectivity index (χ2n) is 3.99. The lowest BCUT2D eigenvalue weighted by atomic mass is 10.1. The van der Waals surface area contributed by atoms with E-state index in [-0.39, 0.29) is 0 Å². The average Bonchev–Trinajstić information content (AvgIpc) is 2.89. The predicted molar refractivity (Wildman–Crippen MR) is 58.5 cm³/mol. The molecule has 3 rings (SSSR count). The molecule has 74 valence electrons. The predicted octanol–water partition coefficient (Wildman–Crippen LogP) is 2.63. The molecule has 1 N–H and O–H groups in total. The molecule has 1 aliphatic heterocycles. The summed E-state index contributed by atoms with van der Waals surface area (Å²) in [5.74, 6) is 1.03. The maximum absolute atomic E-state index is 5.63. The number of hydrogen-bond donors (Lipinski definition) is 1. The molecule has 1 aromatic carbocycles. The molecule has 0 radical (unpaired) electrons. The van der Waals surface area contributed by atoms with E-state index >= 15 is 0 Å². The van der Waals surface area contributed by atoms with Gasteiger partial charge in [0, 0.05) is 16.1 Å². The van der Waals surface area contributed by atoms with Gasteiger partial charge in [0.05, 0.1) is 6.04 Å². The van der Waals surface area contributed by atoms with Crippen LogP contribution < -0.4 is 10.1 Å². The summed E-state index contributed by atoms with van der Waals surface area (Å²) in [6.45, 7) is 0.780. The Labute approximate surface area is 91.8 Å². The van der Waals surface area contributed by atoms with Gasteiger partial charge in [-0.25, -0.2) is 0 Å². The molecule has 1 fully saturated rings. The zero-order valence-corrected chi connectivity index (χ0v) is 9.38. The zero-order chi connectivity index (χ0) is 9.54. The number of halogens is 1. The molecule has 2 aliphatic rings. The molecule has 0 amide bonds. The van der Waals surface area contributed by atoms with Crippen molar-refractivity contribution < 1.29 is 4.74 Å². The van der Waals surface area contributed by atoms with E-state index in [1.54, 1.807) is 0 Å². The van der Waals surface area contributed by atoms with Gasteiger partial charge >= 0.3 is 0 Å². The van der Waals surface area contributed by atoms with Crippen LogP contribution in [0.2, 0.25) is 0 Å². The Hall–Kier alpha value is -0.540. The Morgan fingerprint density at radius 3 is 3.00 bits per heavy atom. The summed E-state index contributed by atoms with van der Waals surface area (Å²) < 4.78 is 6.71. The van der Waals surface area contributed by atoms with Gasteiger partial charge in [-0.05, 0) is 25.0 Å². The SMILES string of the molecule is Brc1ccc2c(c1)OCC2NC1CC1. The van der Waals surface area contributed by atoms with Crippen molar-refractivity contribution in [1.29, 1.82) is 0 Å². The molecular formula is C11H12BrNO. The van der Waals surface area contributed by atoms with Crippen LogP contribution in [-0.4, -0.2) is 12.6 Å². The van der Waals surface area contributed by atoms with Gasteiger partial charge in [-0.1, -0.05) is 22.0 Å². The number of fused-ring (bicyclic) bond motifs is 1. The number of nitrogens with one attached hydrogen (secondary N) is 1. The van der Waals surface area contributed by atoms with Gasteiger partial charge in [-0.3, -0.25) is 0 Å². The minimum absolute atomic E-state index is 0.408. The largest absolute Gasteiger partial charge is 0.491 e. The van der Waals surface area contributed by atoms with Crippen LogP contribution in [0.3, 0.4) is 0 Å². The summed E-state index contributed by atoms with van der Waals surface area (Å²) in [5.41, 5.74) is 1.31. The van der Waals surface area contributed by atoms with Gasteiger partial charge in [0.1, 0.15) is 12.4 Å². The van der Waals surface area contributed by atoms with Gasteiger partial charge in [0.15, 0.2) is 0 Å². The van der Waals surface area contributed by atoms with Crippen molar-refractivity contribution in [2.75, 3.05) is 6.61 Å². The summed E-state index contributed by atoms with van der Waals surface area (Å²) >= 11 is 3.45. The monoisotopic (exact) mass is 253 g/mol. The van der Waals surface area contributed by atoms with Crippen LogP contribution in [0, 0.1) is 0 Å². The zero-order valence-electron chi connectivity index (χ0n) is 7.79. The van der Waals surface area contributed by atoms with Crippen LogP contribution in [-0.2, 0) is 0 Å². The first kappa shape index (κ1) is 8.74. The molecule has 3 heteroatoms. The summed E-state index contributed by atoms with van der Waals surface area (Å²) in [7, 11) is 0. The Morgan fingerprint density at radius 1 is 1.36 bits per heavy atom. The van der Waals surface area contributed by atoms with Gasteiger partial charge in [0.25, 0.3) is 0 Å². The second-order valence-corrected chi connectivity index (χ2v) is 4.90. The summed E-state index contributed by atoms with van der Waals surface area (Å²) in [6.07, 6.45) is 2.64. The normalized spacial score (nSPS) is 24.5. The lowest BCUT2D eigenvalue weighted by Crippen LogP contribution is -2.24. The molecule has 0 saturated heterocycles. The smallest absolute Gasteiger partial charge is 0.125 e. The topological polar surface area (TPSA) is 21.3 Å². The van der Waals surface area contributed by atoms with E-state index in [1.807, 2.05) is 6.07 Å². The molecule has 14 heavy (non-hydrogen) atoms. The summed E-state index contributed by atoms with van der Waals surface area (Å²) in [4.78, 5) is 0. The van der Waals surface area contributed by atoms with Gasteiger partial charge in [-0.15, -0.1) is 0 Å². The summed E-state index contributed by atoms with van der Waals surface area (Å²) in [6, 6.07) is 7.41. The highest BCUT2D eigenvalue weighted by Crippen LogP contribution is 2.36. The molecule has 1 aromatic rings. The van der Waals surface area contributed by atoms with Crippen LogP contribution in [0.15, 0.2) is 22.7 Å². The number of ether oxygens (including phenoxy) is 1. The third kappa shape index (κ3) is 1.55. The molecule has 0 bridgehead atoms. The molecule has 1 heterocycles. The first-order chi connectivity index (χ1) is 6.83. The Morgan fingerprint density at radius 2 is 2.21 bits per heavy atom. The summed E-state index contributed by atoms with van der Waals surface area (Å²) in [5, 5.41) is 3.59. The van der Waals surface area contributed by atoms with E-state index in [1.165, 1.54) is 18.4 Å². The molecule has 0 spiro atoms. The molecule has 1 unspecified atom stereocenters. The lowest BCUT2D eigenvalue weighted by Gasteiger charge is -2.09. The fourth-order valence-corrected chi connectivity index (χ4v) is 2.20. The van der Waals surface area contributed by atoms with E-state index in [4.69, 9.17) is 4.74 Å². The fourth-order valence-electron chi connectivity index (χ4n) is 1.86. The van der Waals surface area contributed by atoms with Gasteiger partial charge in [-0.2, -0.15) is 0 Å². The van der Waals surface area contributed by atoms with Crippen molar-refractivity contribution in [3.8, 4) is 5.75 Å². The highest BCUT2D eigenvalue weighted by atomic mass is 79.9. The highest BCUT2D eigenvalue weighted by Gasteiger charge is 2.30. The molecule has 1 atom stereocenters. The van der Waals surface area contributed by atoms with Crippen LogP contribution in [0.4, 0.5) is 0 Å². The van der Waals surface area contributed by atoms with Crippen molar-refractivity contribution >= 4 is 15.9 Å². The average molecular weight is 254 g/mol. The Kier molecular flexibility index (Phi) is 2.03. The molecule has 1 aliphatic carbocycles. The van der Waals surface area contributed by atoms with Crippen LogP contribution in [0.25, 0.3) is 0 Å². The first-order valence-corrected chi connectivity index (χ1v) is 5.80. The standard InChI is InChI=1S/C11H12BrNO/c12-7-1-4-9-10(13-8-2-3-8)6-14-11(9)5-7/h1,4-5,8,10,13H,2-3,6H2. The van der Waals surface area contributed by atoms with Crippen LogP contribution >= 0.6 is 15.9 Å². The fraction of sp³-hybridized carbons (Fsp3) is 0.455. The third-order valence-corrected chi connectivity index (χ3v) is 3.26. The molecule has 1 saturated carbocycles. The highest BCUT2D eigenvalue weighted by molar-refractivity contribution is 9.10. The molecule has 0 aromatic heterocycles. The lowest BCUT2D eigenvalue weighted by molar-refractivity contribution is 0.310. The van der Waals surface area contributed by atoms with Crippen molar-refractivity contribution in [3.63, 3.8) is 0 Å². The van der Waals surface area contributed by atoms with Crippen molar-refractivity contribution in [1.82, 2.24) is 5.32 Å². The quantitative estimate of drug-likeness (QED) is 0.875. The first-order valence-electron chi connectivity index (χ1n) is 5.01. The molecule has 2 nitrogen and oxygen atoms in total. The minimum Gasteiger partial charge on any atom is -0.491 e. The van der Waals surface area contributed by atoms with E-state index in [2.05, 4.69) is 33.4 Å². The molecular weight excluding hydrogens is 242 g/mol. The Bertz CT molecular complexity index is 362. The van der Waals surface area contributed by atoms with Crippen molar-refractivity contribution in [2.45, 2.75) is 24.9 Å². The van der Waals surface area contributed by atoms with E-state index in [9.17, 15) is 0 Å². The number of benzene rings is 1. The second kappa shape index (κ2) is 3.24. The number of hydrogen-bond acceptors (Lipinski definition) is 2. The van der Waals surface area contributed by atoms with E-state index in [0.717, 1.165) is 22.9 Å². The van der Waals surface area contributed by atoms with Crippen LogP contribution in [0.1, 0.15) is 24.4 Å². The van der Waals surface area contributed by atoms with E-state index in [0.29, 0.717) is 6.04 Å².